The van der Waals surface area contributed by atoms with Gasteiger partial charge in [-0.25, -0.2) is 0 Å². The van der Waals surface area contributed by atoms with Gasteiger partial charge in [0.1, 0.15) is 17.1 Å². The van der Waals surface area contributed by atoms with Crippen molar-refractivity contribution in [2.24, 2.45) is 0 Å². The van der Waals surface area contributed by atoms with Crippen LogP contribution in [0.4, 0.5) is 5.69 Å². The normalized spacial score (nSPS) is 10.4. The molecule has 0 aliphatic rings. The lowest BCUT2D eigenvalue weighted by atomic mass is 10.1. The van der Waals surface area contributed by atoms with E-state index in [9.17, 15) is 4.79 Å². The number of benzene rings is 2. The first-order valence-electron chi connectivity index (χ1n) is 7.77. The lowest BCUT2D eigenvalue weighted by molar-refractivity contribution is 0.102. The maximum atomic E-state index is 12.6. The molecule has 0 aliphatic carbocycles. The molecule has 3 rings (SSSR count). The summed E-state index contributed by atoms with van der Waals surface area (Å²) in [6, 6.07) is 14.7. The Kier molecular flexibility index (Phi) is 4.70. The van der Waals surface area contributed by atoms with Crippen LogP contribution in [-0.2, 0) is 0 Å². The fraction of sp³-hybridized carbons (Fsp3) is 0.158. The number of anilines is 1. The zero-order valence-corrected chi connectivity index (χ0v) is 14.3. The predicted octanol–water partition coefficient (Wildman–Crippen LogP) is 3.65. The van der Waals surface area contributed by atoms with Gasteiger partial charge in [-0.2, -0.15) is 5.10 Å². The molecule has 1 aromatic heterocycles. The fourth-order valence-electron chi connectivity index (χ4n) is 2.56. The van der Waals surface area contributed by atoms with E-state index in [0.717, 1.165) is 17.0 Å². The van der Waals surface area contributed by atoms with E-state index in [-0.39, 0.29) is 5.91 Å². The van der Waals surface area contributed by atoms with Crippen LogP contribution in [0.3, 0.4) is 0 Å². The van der Waals surface area contributed by atoms with Gasteiger partial charge in [0.15, 0.2) is 0 Å². The third-order valence-corrected chi connectivity index (χ3v) is 3.80. The number of nitrogens with one attached hydrogen (secondary N) is 2. The summed E-state index contributed by atoms with van der Waals surface area (Å²) >= 11 is 0. The number of H-pyrrole nitrogens is 1. The second-order valence-electron chi connectivity index (χ2n) is 5.51. The fourth-order valence-corrected chi connectivity index (χ4v) is 2.56. The summed E-state index contributed by atoms with van der Waals surface area (Å²) in [5.41, 5.74) is 3.86. The summed E-state index contributed by atoms with van der Waals surface area (Å²) in [7, 11) is 3.04. The Hall–Kier alpha value is -3.28. The summed E-state index contributed by atoms with van der Waals surface area (Å²) < 4.78 is 10.5. The first-order valence-corrected chi connectivity index (χ1v) is 7.77. The Labute approximate surface area is 145 Å². The van der Waals surface area contributed by atoms with Crippen LogP contribution in [0.1, 0.15) is 16.1 Å². The van der Waals surface area contributed by atoms with Crippen molar-refractivity contribution in [1.29, 1.82) is 0 Å². The maximum absolute atomic E-state index is 12.6. The maximum Gasteiger partial charge on any atom is 0.263 e. The molecule has 1 amide bonds. The highest BCUT2D eigenvalue weighted by molar-refractivity contribution is 6.08. The number of aromatic nitrogens is 2. The molecular formula is C19H19N3O3. The number of rotatable bonds is 5. The molecule has 0 aliphatic heterocycles. The molecule has 0 spiro atoms. The zero-order chi connectivity index (χ0) is 17.8. The third kappa shape index (κ3) is 3.47. The lowest BCUT2D eigenvalue weighted by Crippen LogP contribution is -2.14. The van der Waals surface area contributed by atoms with Crippen LogP contribution < -0.4 is 14.8 Å². The smallest absolute Gasteiger partial charge is 0.263 e. The minimum Gasteiger partial charge on any atom is -0.496 e. The summed E-state index contributed by atoms with van der Waals surface area (Å²) in [5.74, 6) is 0.624. The third-order valence-electron chi connectivity index (χ3n) is 3.80. The molecule has 128 valence electrons. The molecule has 0 fully saturated rings. The van der Waals surface area contributed by atoms with Gasteiger partial charge in [-0.3, -0.25) is 9.89 Å². The average molecular weight is 337 g/mol. The highest BCUT2D eigenvalue weighted by Crippen LogP contribution is 2.29. The van der Waals surface area contributed by atoms with Crippen LogP contribution >= 0.6 is 0 Å². The highest BCUT2D eigenvalue weighted by Gasteiger charge is 2.18. The summed E-state index contributed by atoms with van der Waals surface area (Å²) in [5, 5.41) is 10.0. The summed E-state index contributed by atoms with van der Waals surface area (Å²) in [6.45, 7) is 1.95. The molecule has 25 heavy (non-hydrogen) atoms. The van der Waals surface area contributed by atoms with E-state index in [1.165, 1.54) is 14.2 Å². The van der Waals surface area contributed by atoms with E-state index >= 15 is 0 Å². The molecule has 0 saturated carbocycles. The van der Waals surface area contributed by atoms with Gasteiger partial charge < -0.3 is 14.8 Å². The van der Waals surface area contributed by atoms with Gasteiger partial charge in [0.05, 0.1) is 19.9 Å². The number of hydrogen-bond acceptors (Lipinski definition) is 4. The van der Waals surface area contributed by atoms with Crippen molar-refractivity contribution in [3.63, 3.8) is 0 Å². The number of nitrogens with zero attached hydrogens (tertiary/aromatic N) is 1. The molecule has 0 bridgehead atoms. The molecule has 1 heterocycles. The molecule has 6 nitrogen and oxygen atoms in total. The van der Waals surface area contributed by atoms with Crippen molar-refractivity contribution in [3.05, 3.63) is 59.8 Å². The van der Waals surface area contributed by atoms with E-state index in [1.54, 1.807) is 18.2 Å². The van der Waals surface area contributed by atoms with Crippen LogP contribution in [0, 0.1) is 6.92 Å². The lowest BCUT2D eigenvalue weighted by Gasteiger charge is -2.13. The van der Waals surface area contributed by atoms with Crippen LogP contribution in [0.5, 0.6) is 11.5 Å². The van der Waals surface area contributed by atoms with Crippen molar-refractivity contribution in [3.8, 4) is 22.8 Å². The molecule has 6 heteroatoms. The number of aromatic amines is 1. The summed E-state index contributed by atoms with van der Waals surface area (Å²) in [6.07, 6.45) is 0. The topological polar surface area (TPSA) is 76.2 Å². The summed E-state index contributed by atoms with van der Waals surface area (Å²) in [4.78, 5) is 12.6. The Morgan fingerprint density at radius 1 is 1.04 bits per heavy atom. The first-order chi connectivity index (χ1) is 12.1. The molecular weight excluding hydrogens is 318 g/mol. The van der Waals surface area contributed by atoms with Crippen molar-refractivity contribution >= 4 is 11.6 Å². The van der Waals surface area contributed by atoms with Crippen LogP contribution in [0.25, 0.3) is 11.3 Å². The predicted molar refractivity (Wildman–Crippen MR) is 96.3 cm³/mol. The van der Waals surface area contributed by atoms with Crippen LogP contribution in [0.2, 0.25) is 0 Å². The van der Waals surface area contributed by atoms with E-state index in [0.29, 0.717) is 22.7 Å². The van der Waals surface area contributed by atoms with Crippen LogP contribution in [0.15, 0.2) is 48.5 Å². The van der Waals surface area contributed by atoms with Gasteiger partial charge >= 0.3 is 0 Å². The minimum atomic E-state index is -0.294. The Bertz CT molecular complexity index is 863. The SMILES string of the molecule is COc1cccc(OC)c1C(=O)Nc1ccc(-c2cc(C)[nH]n2)cc1. The van der Waals surface area contributed by atoms with Crippen molar-refractivity contribution in [2.75, 3.05) is 19.5 Å². The molecule has 0 atom stereocenters. The van der Waals surface area contributed by atoms with Gasteiger partial charge in [-0.15, -0.1) is 0 Å². The quantitative estimate of drug-likeness (QED) is 0.745. The van der Waals surface area contributed by atoms with E-state index in [1.807, 2.05) is 37.3 Å². The number of ether oxygens (including phenoxy) is 2. The van der Waals surface area contributed by atoms with E-state index in [4.69, 9.17) is 9.47 Å². The standard InChI is InChI=1S/C19H19N3O3/c1-12-11-15(22-21-12)13-7-9-14(10-8-13)20-19(23)18-16(24-2)5-4-6-17(18)25-3/h4-11H,1-3H3,(H,20,23)(H,21,22). The second-order valence-corrected chi connectivity index (χ2v) is 5.51. The van der Waals surface area contributed by atoms with Gasteiger partial charge in [-0.1, -0.05) is 18.2 Å². The van der Waals surface area contributed by atoms with Gasteiger partial charge in [-0.05, 0) is 37.3 Å². The first kappa shape index (κ1) is 16.6. The zero-order valence-electron chi connectivity index (χ0n) is 14.3. The van der Waals surface area contributed by atoms with Gasteiger partial charge in [0.2, 0.25) is 0 Å². The second kappa shape index (κ2) is 7.09. The van der Waals surface area contributed by atoms with Crippen molar-refractivity contribution in [1.82, 2.24) is 10.2 Å². The number of methoxy groups -OCH3 is 2. The number of amides is 1. The Balaban J connectivity index is 1.82. The number of carbonyl (C=O) groups is 1. The molecule has 2 N–H and O–H groups in total. The number of carbonyl (C=O) groups excluding carboxylic acids is 1. The molecule has 2 aromatic carbocycles. The molecule has 0 radical (unpaired) electrons. The number of aryl methyl sites for hydroxylation is 1. The van der Waals surface area contributed by atoms with E-state index < -0.39 is 0 Å². The average Bonchev–Trinajstić information content (AvgIpc) is 3.07. The van der Waals surface area contributed by atoms with Crippen molar-refractivity contribution in [2.45, 2.75) is 6.92 Å². The van der Waals surface area contributed by atoms with Crippen molar-refractivity contribution < 1.29 is 14.3 Å². The monoisotopic (exact) mass is 337 g/mol. The molecule has 0 unspecified atom stereocenters. The van der Waals surface area contributed by atoms with Gasteiger partial charge in [0.25, 0.3) is 5.91 Å². The molecule has 3 aromatic rings. The largest absolute Gasteiger partial charge is 0.496 e. The Morgan fingerprint density at radius 3 is 2.20 bits per heavy atom. The highest BCUT2D eigenvalue weighted by atomic mass is 16.5. The van der Waals surface area contributed by atoms with Crippen LogP contribution in [-0.4, -0.2) is 30.3 Å². The minimum absolute atomic E-state index is 0.294. The van der Waals surface area contributed by atoms with E-state index in [2.05, 4.69) is 15.5 Å². The number of hydrogen-bond donors (Lipinski definition) is 2. The van der Waals surface area contributed by atoms with Gasteiger partial charge in [0, 0.05) is 16.9 Å². The molecule has 0 saturated heterocycles. The Morgan fingerprint density at radius 2 is 1.68 bits per heavy atom.